The molecule has 2 aromatic heterocycles. The number of halogens is 1. The molecule has 0 saturated heterocycles. The van der Waals surface area contributed by atoms with Crippen LogP contribution in [0.1, 0.15) is 29.9 Å². The average molecular weight is 236 g/mol. The number of rotatable bonds is 1. The van der Waals surface area contributed by atoms with Crippen LogP contribution in [0, 0.1) is 6.92 Å². The molecule has 1 saturated carbocycles. The first kappa shape index (κ1) is 9.78. The zero-order valence-corrected chi connectivity index (χ0v) is 9.53. The lowest BCUT2D eigenvalue weighted by Crippen LogP contribution is -2.18. The van der Waals surface area contributed by atoms with Gasteiger partial charge in [-0.2, -0.15) is 9.61 Å². The van der Waals surface area contributed by atoms with Crippen molar-refractivity contribution in [2.75, 3.05) is 0 Å². The molecule has 2 heterocycles. The van der Waals surface area contributed by atoms with Crippen LogP contribution in [-0.4, -0.2) is 14.6 Å². The molecule has 0 aliphatic heterocycles. The fourth-order valence-electron chi connectivity index (χ4n) is 1.98. The van der Waals surface area contributed by atoms with Crippen molar-refractivity contribution in [3.8, 4) is 0 Å². The highest BCUT2D eigenvalue weighted by Crippen LogP contribution is 2.43. The largest absolute Gasteiger partial charge is 0.274 e. The first-order valence-electron chi connectivity index (χ1n) is 5.22. The van der Waals surface area contributed by atoms with E-state index in [2.05, 4.69) is 10.1 Å². The van der Waals surface area contributed by atoms with Crippen molar-refractivity contribution in [2.24, 2.45) is 0 Å². The Kier molecular flexibility index (Phi) is 2.01. The van der Waals surface area contributed by atoms with Crippen molar-refractivity contribution in [3.05, 3.63) is 38.9 Å². The van der Waals surface area contributed by atoms with Gasteiger partial charge in [-0.15, -0.1) is 0 Å². The zero-order chi connectivity index (χ0) is 11.3. The highest BCUT2D eigenvalue weighted by atomic mass is 35.5. The highest BCUT2D eigenvalue weighted by Gasteiger charge is 2.29. The molecule has 82 valence electrons. The van der Waals surface area contributed by atoms with Crippen molar-refractivity contribution in [1.29, 1.82) is 0 Å². The van der Waals surface area contributed by atoms with Crippen LogP contribution >= 0.6 is 11.6 Å². The standard InChI is InChI=1S/C11H10ClN3O/c1-6-9(7-2-3-7)11-13-5-4-8(16)15(11)14-10(6)12/h4-5,7H,2-3H2,1H3. The summed E-state index contributed by atoms with van der Waals surface area (Å²) in [6.45, 7) is 1.93. The summed E-state index contributed by atoms with van der Waals surface area (Å²) in [6.07, 6.45) is 3.81. The van der Waals surface area contributed by atoms with Gasteiger partial charge in [0.15, 0.2) is 10.8 Å². The minimum absolute atomic E-state index is 0.186. The third kappa shape index (κ3) is 1.33. The molecule has 0 aromatic carbocycles. The number of hydrogen-bond donors (Lipinski definition) is 0. The molecule has 1 aliphatic rings. The number of aromatic nitrogens is 3. The molecule has 0 radical (unpaired) electrons. The van der Waals surface area contributed by atoms with Crippen LogP contribution in [0.15, 0.2) is 17.1 Å². The predicted octanol–water partition coefficient (Wildman–Crippen LogP) is 1.93. The van der Waals surface area contributed by atoms with Crippen molar-refractivity contribution in [3.63, 3.8) is 0 Å². The Labute approximate surface area is 96.9 Å². The van der Waals surface area contributed by atoms with Gasteiger partial charge in [0.25, 0.3) is 5.56 Å². The summed E-state index contributed by atoms with van der Waals surface area (Å²) >= 11 is 6.04. The van der Waals surface area contributed by atoms with Gasteiger partial charge in [0.05, 0.1) is 0 Å². The molecule has 16 heavy (non-hydrogen) atoms. The lowest BCUT2D eigenvalue weighted by Gasteiger charge is -2.09. The number of hydrogen-bond acceptors (Lipinski definition) is 3. The smallest absolute Gasteiger partial charge is 0.267 e. The van der Waals surface area contributed by atoms with Gasteiger partial charge in [0.2, 0.25) is 0 Å². The molecular weight excluding hydrogens is 226 g/mol. The van der Waals surface area contributed by atoms with Gasteiger partial charge in [-0.1, -0.05) is 11.6 Å². The lowest BCUT2D eigenvalue weighted by molar-refractivity contribution is 0.840. The molecule has 0 unspecified atom stereocenters. The summed E-state index contributed by atoms with van der Waals surface area (Å²) in [6, 6.07) is 1.39. The molecule has 0 N–H and O–H groups in total. The summed E-state index contributed by atoms with van der Waals surface area (Å²) < 4.78 is 1.29. The van der Waals surface area contributed by atoms with E-state index in [0.717, 1.165) is 24.0 Å². The normalized spacial score (nSPS) is 15.6. The Balaban J connectivity index is 2.48. The fourth-order valence-corrected chi connectivity index (χ4v) is 2.16. The topological polar surface area (TPSA) is 47.3 Å². The Hall–Kier alpha value is -1.42. The lowest BCUT2D eigenvalue weighted by atomic mass is 10.1. The van der Waals surface area contributed by atoms with Crippen LogP contribution < -0.4 is 5.56 Å². The first-order valence-corrected chi connectivity index (χ1v) is 5.60. The van der Waals surface area contributed by atoms with Crippen LogP contribution in [-0.2, 0) is 0 Å². The van der Waals surface area contributed by atoms with Crippen molar-refractivity contribution < 1.29 is 0 Å². The third-order valence-corrected chi connectivity index (χ3v) is 3.31. The van der Waals surface area contributed by atoms with Crippen LogP contribution in [0.25, 0.3) is 5.65 Å². The quantitative estimate of drug-likeness (QED) is 0.759. The maximum atomic E-state index is 11.6. The minimum atomic E-state index is -0.186. The van der Waals surface area contributed by atoms with Crippen LogP contribution in [0.4, 0.5) is 0 Å². The van der Waals surface area contributed by atoms with Crippen molar-refractivity contribution in [2.45, 2.75) is 25.7 Å². The first-order chi connectivity index (χ1) is 7.68. The Morgan fingerprint density at radius 2 is 2.25 bits per heavy atom. The Morgan fingerprint density at radius 1 is 1.50 bits per heavy atom. The SMILES string of the molecule is Cc1c(Cl)nn2c(=O)ccnc2c1C1CC1. The van der Waals surface area contributed by atoms with Crippen molar-refractivity contribution in [1.82, 2.24) is 14.6 Å². The van der Waals surface area contributed by atoms with Crippen LogP contribution in [0.3, 0.4) is 0 Å². The van der Waals surface area contributed by atoms with Gasteiger partial charge >= 0.3 is 0 Å². The van der Waals surface area contributed by atoms with Gasteiger partial charge in [0, 0.05) is 17.8 Å². The second kappa shape index (κ2) is 3.28. The molecule has 0 amide bonds. The highest BCUT2D eigenvalue weighted by molar-refractivity contribution is 6.30. The molecule has 4 nitrogen and oxygen atoms in total. The fraction of sp³-hybridized carbons (Fsp3) is 0.364. The monoisotopic (exact) mass is 235 g/mol. The summed E-state index contributed by atoms with van der Waals surface area (Å²) in [5.74, 6) is 0.491. The maximum absolute atomic E-state index is 11.6. The van der Waals surface area contributed by atoms with Gasteiger partial charge < -0.3 is 0 Å². The Morgan fingerprint density at radius 3 is 2.94 bits per heavy atom. The van der Waals surface area contributed by atoms with E-state index in [1.807, 2.05) is 6.92 Å². The zero-order valence-electron chi connectivity index (χ0n) is 8.77. The van der Waals surface area contributed by atoms with E-state index in [0.29, 0.717) is 16.7 Å². The summed E-state index contributed by atoms with van der Waals surface area (Å²) in [5, 5.41) is 4.45. The molecule has 1 fully saturated rings. The molecule has 0 spiro atoms. The molecular formula is C11H10ClN3O. The third-order valence-electron chi connectivity index (χ3n) is 2.95. The van der Waals surface area contributed by atoms with Crippen molar-refractivity contribution >= 4 is 17.2 Å². The number of fused-ring (bicyclic) bond motifs is 1. The maximum Gasteiger partial charge on any atom is 0.274 e. The van der Waals surface area contributed by atoms with Crippen LogP contribution in [0.2, 0.25) is 5.15 Å². The average Bonchev–Trinajstić information content (AvgIpc) is 3.06. The van der Waals surface area contributed by atoms with E-state index < -0.39 is 0 Å². The van der Waals surface area contributed by atoms with Crippen LogP contribution in [0.5, 0.6) is 0 Å². The summed E-state index contributed by atoms with van der Waals surface area (Å²) in [5.41, 5.74) is 2.49. The second-order valence-electron chi connectivity index (χ2n) is 4.12. The van der Waals surface area contributed by atoms with E-state index in [4.69, 9.17) is 11.6 Å². The minimum Gasteiger partial charge on any atom is -0.267 e. The van der Waals surface area contributed by atoms with Gasteiger partial charge in [-0.25, -0.2) is 4.98 Å². The van der Waals surface area contributed by atoms with E-state index >= 15 is 0 Å². The summed E-state index contributed by atoms with van der Waals surface area (Å²) in [4.78, 5) is 15.9. The summed E-state index contributed by atoms with van der Waals surface area (Å²) in [7, 11) is 0. The van der Waals surface area contributed by atoms with E-state index in [9.17, 15) is 4.79 Å². The molecule has 2 aromatic rings. The van der Waals surface area contributed by atoms with Gasteiger partial charge in [-0.3, -0.25) is 4.79 Å². The molecule has 3 rings (SSSR count). The molecule has 0 atom stereocenters. The second-order valence-corrected chi connectivity index (χ2v) is 4.48. The van der Waals surface area contributed by atoms with E-state index in [1.165, 1.54) is 16.8 Å². The number of nitrogens with zero attached hydrogens (tertiary/aromatic N) is 3. The van der Waals surface area contributed by atoms with Gasteiger partial charge in [0.1, 0.15) is 0 Å². The van der Waals surface area contributed by atoms with E-state index in [1.54, 1.807) is 0 Å². The predicted molar refractivity (Wildman–Crippen MR) is 61.0 cm³/mol. The molecule has 1 aliphatic carbocycles. The molecule has 5 heteroatoms. The van der Waals surface area contributed by atoms with Gasteiger partial charge in [-0.05, 0) is 31.2 Å². The molecule has 0 bridgehead atoms. The van der Waals surface area contributed by atoms with E-state index in [-0.39, 0.29) is 5.56 Å². The Bertz CT molecular complexity index is 631.